The lowest BCUT2D eigenvalue weighted by Gasteiger charge is -2.12. The predicted molar refractivity (Wildman–Crippen MR) is 63.8 cm³/mol. The molecule has 102 valence electrons. The minimum absolute atomic E-state index is 0.127. The SMILES string of the molecule is CCc1cc(C(=O)OC)c(SC(F)(F)F)cc1C#N. The fourth-order valence-corrected chi connectivity index (χ4v) is 2.18. The molecule has 3 nitrogen and oxygen atoms in total. The Morgan fingerprint density at radius 2 is 2.11 bits per heavy atom. The Labute approximate surface area is 112 Å². The van der Waals surface area contributed by atoms with Crippen LogP contribution in [0.2, 0.25) is 0 Å². The highest BCUT2D eigenvalue weighted by Crippen LogP contribution is 2.39. The lowest BCUT2D eigenvalue weighted by Crippen LogP contribution is -2.08. The van der Waals surface area contributed by atoms with Gasteiger partial charge in [0.05, 0.1) is 24.3 Å². The van der Waals surface area contributed by atoms with Crippen molar-refractivity contribution in [3.8, 4) is 6.07 Å². The van der Waals surface area contributed by atoms with Crippen LogP contribution in [0.25, 0.3) is 0 Å². The van der Waals surface area contributed by atoms with E-state index in [9.17, 15) is 18.0 Å². The first kappa shape index (κ1) is 15.4. The zero-order valence-corrected chi connectivity index (χ0v) is 11.0. The first-order chi connectivity index (χ1) is 8.82. The number of nitrogens with zero attached hydrogens (tertiary/aromatic N) is 1. The number of hydrogen-bond donors (Lipinski definition) is 0. The smallest absolute Gasteiger partial charge is 0.446 e. The molecule has 0 N–H and O–H groups in total. The highest BCUT2D eigenvalue weighted by atomic mass is 32.2. The van der Waals surface area contributed by atoms with Crippen molar-refractivity contribution in [2.75, 3.05) is 7.11 Å². The highest BCUT2D eigenvalue weighted by molar-refractivity contribution is 8.00. The third kappa shape index (κ3) is 3.89. The summed E-state index contributed by atoms with van der Waals surface area (Å²) in [5.41, 5.74) is -4.08. The lowest BCUT2D eigenvalue weighted by molar-refractivity contribution is -0.0328. The Bertz CT molecular complexity index is 535. The molecule has 0 radical (unpaired) electrons. The van der Waals surface area contributed by atoms with Gasteiger partial charge >= 0.3 is 11.5 Å². The lowest BCUT2D eigenvalue weighted by atomic mass is 10.0. The molecule has 0 aliphatic rings. The van der Waals surface area contributed by atoms with E-state index in [1.807, 2.05) is 6.07 Å². The molecule has 0 amide bonds. The second kappa shape index (κ2) is 5.97. The number of esters is 1. The number of nitriles is 1. The number of hydrogen-bond acceptors (Lipinski definition) is 4. The molecular formula is C12H10F3NO2S. The Hall–Kier alpha value is -1.68. The van der Waals surface area contributed by atoms with Crippen LogP contribution in [0.3, 0.4) is 0 Å². The van der Waals surface area contributed by atoms with E-state index in [0.29, 0.717) is 12.0 Å². The van der Waals surface area contributed by atoms with Crippen molar-refractivity contribution in [2.45, 2.75) is 23.7 Å². The molecule has 0 saturated carbocycles. The maximum Gasteiger partial charge on any atom is 0.446 e. The highest BCUT2D eigenvalue weighted by Gasteiger charge is 2.32. The van der Waals surface area contributed by atoms with E-state index in [4.69, 9.17) is 5.26 Å². The zero-order chi connectivity index (χ0) is 14.6. The van der Waals surface area contributed by atoms with Crippen molar-refractivity contribution in [2.24, 2.45) is 0 Å². The first-order valence-corrected chi connectivity index (χ1v) is 6.05. The minimum atomic E-state index is -4.54. The maximum absolute atomic E-state index is 12.4. The number of thioether (sulfide) groups is 1. The summed E-state index contributed by atoms with van der Waals surface area (Å²) in [6.07, 6.45) is 0.434. The number of carbonyl (C=O) groups is 1. The molecule has 0 aliphatic heterocycles. The summed E-state index contributed by atoms with van der Waals surface area (Å²) in [7, 11) is 1.09. The van der Waals surface area contributed by atoms with Gasteiger partial charge in [-0.2, -0.15) is 18.4 Å². The largest absolute Gasteiger partial charge is 0.465 e. The van der Waals surface area contributed by atoms with Crippen LogP contribution < -0.4 is 0 Å². The van der Waals surface area contributed by atoms with Crippen LogP contribution in [-0.4, -0.2) is 18.6 Å². The van der Waals surface area contributed by atoms with Gasteiger partial charge in [0.1, 0.15) is 0 Å². The molecular weight excluding hydrogens is 279 g/mol. The van der Waals surface area contributed by atoms with Gasteiger partial charge < -0.3 is 4.74 Å². The number of alkyl halides is 3. The summed E-state index contributed by atoms with van der Waals surface area (Å²) in [4.78, 5) is 11.2. The molecule has 0 atom stereocenters. The second-order valence-corrected chi connectivity index (χ2v) is 4.62. The zero-order valence-electron chi connectivity index (χ0n) is 10.2. The van der Waals surface area contributed by atoms with E-state index >= 15 is 0 Å². The van der Waals surface area contributed by atoms with Crippen LogP contribution in [0.4, 0.5) is 13.2 Å². The van der Waals surface area contributed by atoms with Gasteiger partial charge in [0.25, 0.3) is 0 Å². The van der Waals surface area contributed by atoms with Crippen molar-refractivity contribution in [1.29, 1.82) is 5.26 Å². The standard InChI is InChI=1S/C12H10F3NO2S/c1-3-7-4-9(11(17)18-2)10(5-8(7)6-16)19-12(13,14)15/h4-5H,3H2,1-2H3. The van der Waals surface area contributed by atoms with Gasteiger partial charge in [-0.05, 0) is 35.9 Å². The number of carbonyl (C=O) groups excluding carboxylic acids is 1. The summed E-state index contributed by atoms with van der Waals surface area (Å²) >= 11 is -0.432. The number of benzene rings is 1. The molecule has 1 aromatic carbocycles. The van der Waals surface area contributed by atoms with Crippen LogP contribution in [0, 0.1) is 11.3 Å². The number of rotatable bonds is 3. The maximum atomic E-state index is 12.4. The molecule has 0 bridgehead atoms. The van der Waals surface area contributed by atoms with Gasteiger partial charge in [-0.3, -0.25) is 0 Å². The average molecular weight is 289 g/mol. The minimum Gasteiger partial charge on any atom is -0.465 e. The molecule has 0 fully saturated rings. The fourth-order valence-electron chi connectivity index (χ4n) is 1.50. The van der Waals surface area contributed by atoms with Crippen molar-refractivity contribution < 1.29 is 22.7 Å². The van der Waals surface area contributed by atoms with Crippen LogP contribution in [-0.2, 0) is 11.2 Å². The monoisotopic (exact) mass is 289 g/mol. The van der Waals surface area contributed by atoms with E-state index < -0.39 is 23.2 Å². The number of ether oxygens (including phenoxy) is 1. The molecule has 0 spiro atoms. The molecule has 19 heavy (non-hydrogen) atoms. The van der Waals surface area contributed by atoms with Crippen LogP contribution in [0.5, 0.6) is 0 Å². The summed E-state index contributed by atoms with van der Waals surface area (Å²) in [6, 6.07) is 4.17. The van der Waals surface area contributed by atoms with Crippen molar-refractivity contribution in [3.63, 3.8) is 0 Å². The van der Waals surface area contributed by atoms with Gasteiger partial charge in [-0.1, -0.05) is 6.92 Å². The summed E-state index contributed by atoms with van der Waals surface area (Å²) in [6.45, 7) is 1.74. The van der Waals surface area contributed by atoms with Crippen LogP contribution in [0.15, 0.2) is 17.0 Å². The summed E-state index contributed by atoms with van der Waals surface area (Å²) in [5, 5.41) is 8.90. The Balaban J connectivity index is 3.41. The number of methoxy groups -OCH3 is 1. The van der Waals surface area contributed by atoms with E-state index in [1.165, 1.54) is 6.07 Å². The van der Waals surface area contributed by atoms with Gasteiger partial charge in [-0.15, -0.1) is 0 Å². The quantitative estimate of drug-likeness (QED) is 0.631. The third-order valence-corrected chi connectivity index (χ3v) is 3.13. The Morgan fingerprint density at radius 1 is 1.47 bits per heavy atom. The number of aryl methyl sites for hydroxylation is 1. The Kier molecular flexibility index (Phi) is 4.84. The molecule has 0 aliphatic carbocycles. The average Bonchev–Trinajstić information content (AvgIpc) is 2.35. The van der Waals surface area contributed by atoms with E-state index in [1.54, 1.807) is 6.92 Å². The van der Waals surface area contributed by atoms with Gasteiger partial charge in [0, 0.05) is 4.90 Å². The second-order valence-electron chi connectivity index (χ2n) is 3.51. The predicted octanol–water partition coefficient (Wildman–Crippen LogP) is 3.52. The van der Waals surface area contributed by atoms with Crippen molar-refractivity contribution in [1.82, 2.24) is 0 Å². The third-order valence-electron chi connectivity index (χ3n) is 2.34. The normalized spacial score (nSPS) is 10.9. The van der Waals surface area contributed by atoms with E-state index in [-0.39, 0.29) is 16.0 Å². The van der Waals surface area contributed by atoms with E-state index in [0.717, 1.165) is 13.2 Å². The molecule has 1 aromatic rings. The summed E-state index contributed by atoms with van der Waals surface area (Å²) in [5.74, 6) is -0.856. The van der Waals surface area contributed by atoms with E-state index in [2.05, 4.69) is 4.74 Å². The molecule has 0 aromatic heterocycles. The van der Waals surface area contributed by atoms with Crippen molar-refractivity contribution >= 4 is 17.7 Å². The molecule has 0 unspecified atom stereocenters. The number of halogens is 3. The van der Waals surface area contributed by atoms with Crippen molar-refractivity contribution in [3.05, 3.63) is 28.8 Å². The van der Waals surface area contributed by atoms with Gasteiger partial charge in [0.15, 0.2) is 0 Å². The molecule has 1 rings (SSSR count). The first-order valence-electron chi connectivity index (χ1n) is 5.23. The molecule has 0 heterocycles. The van der Waals surface area contributed by atoms with Gasteiger partial charge in [0.2, 0.25) is 0 Å². The fraction of sp³-hybridized carbons (Fsp3) is 0.333. The molecule has 7 heteroatoms. The Morgan fingerprint density at radius 3 is 2.53 bits per heavy atom. The summed E-state index contributed by atoms with van der Waals surface area (Å²) < 4.78 is 41.8. The van der Waals surface area contributed by atoms with Crippen LogP contribution in [0.1, 0.15) is 28.4 Å². The van der Waals surface area contributed by atoms with Crippen LogP contribution >= 0.6 is 11.8 Å². The molecule has 0 saturated heterocycles. The topological polar surface area (TPSA) is 50.1 Å². The van der Waals surface area contributed by atoms with Gasteiger partial charge in [-0.25, -0.2) is 4.79 Å².